The number of benzene rings is 1. The maximum atomic E-state index is 12.7. The van der Waals surface area contributed by atoms with Gasteiger partial charge in [-0.05, 0) is 63.8 Å². The van der Waals surface area contributed by atoms with Crippen molar-refractivity contribution in [2.75, 3.05) is 19.0 Å². The average molecular weight is 541 g/mol. The molecule has 0 N–H and O–H groups in total. The number of thioether (sulfide) groups is 2. The third-order valence-electron chi connectivity index (χ3n) is 4.77. The summed E-state index contributed by atoms with van der Waals surface area (Å²) in [6.07, 6.45) is 5.18. The minimum atomic E-state index is -0.825. The van der Waals surface area contributed by atoms with Crippen LogP contribution in [0.4, 0.5) is 0 Å². The van der Waals surface area contributed by atoms with Crippen molar-refractivity contribution in [3.63, 3.8) is 0 Å². The fourth-order valence-corrected chi connectivity index (χ4v) is 5.55. The second-order valence-electron chi connectivity index (χ2n) is 8.39. The Morgan fingerprint density at radius 2 is 1.69 bits per heavy atom. The van der Waals surface area contributed by atoms with Crippen LogP contribution in [-0.2, 0) is 28.6 Å². The van der Waals surface area contributed by atoms with Gasteiger partial charge in [-0.3, -0.25) is 9.59 Å². The lowest BCUT2D eigenvalue weighted by Crippen LogP contribution is -2.27. The van der Waals surface area contributed by atoms with Crippen LogP contribution in [0.1, 0.15) is 65.4 Å². The van der Waals surface area contributed by atoms with Crippen LogP contribution in [0.25, 0.3) is 6.08 Å². The molecule has 1 atom stereocenters. The van der Waals surface area contributed by atoms with Gasteiger partial charge in [-0.25, -0.2) is 4.79 Å². The van der Waals surface area contributed by atoms with Gasteiger partial charge in [0.15, 0.2) is 0 Å². The van der Waals surface area contributed by atoms with Crippen molar-refractivity contribution in [3.8, 4) is 0 Å². The first-order valence-electron chi connectivity index (χ1n) is 11.7. The van der Waals surface area contributed by atoms with Crippen molar-refractivity contribution < 1.29 is 28.6 Å². The number of carbonyl (C=O) groups is 3. The van der Waals surface area contributed by atoms with Crippen molar-refractivity contribution in [3.05, 3.63) is 41.5 Å². The number of thiocarbonyl (C=S) groups is 1. The van der Waals surface area contributed by atoms with Gasteiger partial charge < -0.3 is 14.2 Å². The zero-order chi connectivity index (χ0) is 26.1. The first-order chi connectivity index (χ1) is 16.7. The molecule has 0 saturated heterocycles. The summed E-state index contributed by atoms with van der Waals surface area (Å²) in [4.78, 5) is 35.5. The van der Waals surface area contributed by atoms with Gasteiger partial charge in [-0.15, -0.1) is 11.8 Å². The predicted molar refractivity (Wildman–Crippen MR) is 148 cm³/mol. The maximum Gasteiger partial charge on any atom is 0.334 e. The predicted octanol–water partition coefficient (Wildman–Crippen LogP) is 6.22. The first-order valence-corrected chi connectivity index (χ1v) is 14.0. The Kier molecular flexibility index (Phi) is 15.7. The number of rotatable bonds is 16. The molecule has 0 radical (unpaired) electrons. The van der Waals surface area contributed by atoms with Crippen LogP contribution in [0, 0.1) is 0 Å². The molecule has 0 amide bonds. The molecule has 0 aliphatic heterocycles. The molecule has 0 aromatic heterocycles. The van der Waals surface area contributed by atoms with Gasteiger partial charge in [0.2, 0.25) is 0 Å². The van der Waals surface area contributed by atoms with Gasteiger partial charge in [0.25, 0.3) is 6.47 Å². The highest BCUT2D eigenvalue weighted by Crippen LogP contribution is 2.24. The van der Waals surface area contributed by atoms with E-state index < -0.39 is 11.6 Å². The third-order valence-corrected chi connectivity index (χ3v) is 7.32. The van der Waals surface area contributed by atoms with Crippen LogP contribution >= 0.6 is 35.7 Å². The monoisotopic (exact) mass is 540 g/mol. The number of unbranched alkanes of at least 4 members (excludes halogenated alkanes) is 3. The summed E-state index contributed by atoms with van der Waals surface area (Å²) in [6, 6.07) is 9.46. The normalized spacial score (nSPS) is 12.5. The maximum absolute atomic E-state index is 12.7. The van der Waals surface area contributed by atoms with E-state index in [9.17, 15) is 14.4 Å². The molecular formula is C26H36O6S3. The fourth-order valence-electron chi connectivity index (χ4n) is 3.01. The molecule has 0 fully saturated rings. The van der Waals surface area contributed by atoms with Crippen LogP contribution < -0.4 is 0 Å². The number of hydrogen-bond donors (Lipinski definition) is 0. The van der Waals surface area contributed by atoms with Gasteiger partial charge in [0.1, 0.15) is 14.4 Å². The molecule has 0 bridgehead atoms. The fraction of sp³-hybridized carbons (Fsp3) is 0.538. The van der Waals surface area contributed by atoms with Crippen molar-refractivity contribution in [1.29, 1.82) is 0 Å². The molecule has 194 valence electrons. The molecule has 6 nitrogen and oxygen atoms in total. The van der Waals surface area contributed by atoms with Gasteiger partial charge in [-0.1, -0.05) is 61.2 Å². The van der Waals surface area contributed by atoms with Gasteiger partial charge in [0.05, 0.1) is 13.2 Å². The Hall–Kier alpha value is -1.84. The topological polar surface area (TPSA) is 78.9 Å². The quantitative estimate of drug-likeness (QED) is 0.0606. The molecule has 9 heteroatoms. The molecular weight excluding hydrogens is 504 g/mol. The molecule has 1 unspecified atom stereocenters. The first kappa shape index (κ1) is 31.2. The van der Waals surface area contributed by atoms with E-state index in [0.717, 1.165) is 34.1 Å². The van der Waals surface area contributed by atoms with E-state index in [1.54, 1.807) is 38.6 Å². The van der Waals surface area contributed by atoms with E-state index in [2.05, 4.69) is 0 Å². The van der Waals surface area contributed by atoms with Crippen LogP contribution in [0.5, 0.6) is 0 Å². The minimum absolute atomic E-state index is 0.239. The number of esters is 2. The van der Waals surface area contributed by atoms with Gasteiger partial charge >= 0.3 is 11.9 Å². The highest BCUT2D eigenvalue weighted by Gasteiger charge is 2.25. The molecule has 0 heterocycles. The standard InChI is InChI=1S/C26H36O6S3/c1-5-34-25(33)35-20(2)23(28)30-15-11-6-7-12-16-31-24(29)22(18-26(3,4)32-19-27)17-21-13-9-8-10-14-21/h8-10,13-14,17,19-20H,5-7,11-12,15-16,18H2,1-4H3/b22-17+. The molecule has 1 aromatic carbocycles. The largest absolute Gasteiger partial charge is 0.465 e. The molecule has 35 heavy (non-hydrogen) atoms. The molecule has 0 spiro atoms. The number of hydrogen-bond acceptors (Lipinski definition) is 9. The Balaban J connectivity index is 2.37. The minimum Gasteiger partial charge on any atom is -0.465 e. The van der Waals surface area contributed by atoms with E-state index in [1.165, 1.54) is 11.8 Å². The van der Waals surface area contributed by atoms with Crippen LogP contribution in [0.15, 0.2) is 35.9 Å². The Labute approximate surface area is 222 Å². The van der Waals surface area contributed by atoms with E-state index in [1.807, 2.05) is 37.3 Å². The zero-order valence-electron chi connectivity index (χ0n) is 20.9. The smallest absolute Gasteiger partial charge is 0.334 e. The summed E-state index contributed by atoms with van der Waals surface area (Å²) in [5.41, 5.74) is 0.488. The summed E-state index contributed by atoms with van der Waals surface area (Å²) in [5.74, 6) is 0.221. The SMILES string of the molecule is CCSC(=S)SC(C)C(=O)OCCCCCCOC(=O)/C(=C/c1ccccc1)CC(C)(C)OC=O. The van der Waals surface area contributed by atoms with Crippen LogP contribution in [0.3, 0.4) is 0 Å². The Morgan fingerprint density at radius 1 is 1.06 bits per heavy atom. The van der Waals surface area contributed by atoms with E-state index >= 15 is 0 Å². The summed E-state index contributed by atoms with van der Waals surface area (Å²) in [6.45, 7) is 8.37. The molecule has 0 aliphatic rings. The molecule has 0 saturated carbocycles. The second-order valence-corrected chi connectivity index (χ2v) is 12.2. The van der Waals surface area contributed by atoms with Gasteiger partial charge in [0, 0.05) is 12.0 Å². The van der Waals surface area contributed by atoms with Crippen LogP contribution in [-0.4, -0.2) is 51.8 Å². The molecule has 1 rings (SSSR count). The highest BCUT2D eigenvalue weighted by atomic mass is 32.2. The Morgan fingerprint density at radius 3 is 2.29 bits per heavy atom. The van der Waals surface area contributed by atoms with Crippen molar-refractivity contribution in [2.24, 2.45) is 0 Å². The van der Waals surface area contributed by atoms with Crippen molar-refractivity contribution in [2.45, 2.75) is 70.7 Å². The Bertz CT molecular complexity index is 839. The van der Waals surface area contributed by atoms with E-state index in [-0.39, 0.29) is 17.6 Å². The lowest BCUT2D eigenvalue weighted by molar-refractivity contribution is -0.144. The van der Waals surface area contributed by atoms with Crippen molar-refractivity contribution in [1.82, 2.24) is 0 Å². The molecule has 1 aromatic rings. The number of ether oxygens (including phenoxy) is 3. The molecule has 0 aliphatic carbocycles. The summed E-state index contributed by atoms with van der Waals surface area (Å²) >= 11 is 8.12. The van der Waals surface area contributed by atoms with Gasteiger partial charge in [-0.2, -0.15) is 0 Å². The summed E-state index contributed by atoms with van der Waals surface area (Å²) < 4.78 is 16.7. The zero-order valence-corrected chi connectivity index (χ0v) is 23.4. The van der Waals surface area contributed by atoms with E-state index in [4.69, 9.17) is 26.4 Å². The van der Waals surface area contributed by atoms with Crippen LogP contribution in [0.2, 0.25) is 0 Å². The van der Waals surface area contributed by atoms with E-state index in [0.29, 0.717) is 31.7 Å². The van der Waals surface area contributed by atoms with Crippen molar-refractivity contribution >= 4 is 63.8 Å². The lowest BCUT2D eigenvalue weighted by atomic mass is 9.96. The highest BCUT2D eigenvalue weighted by molar-refractivity contribution is 8.47. The second kappa shape index (κ2) is 17.6. The average Bonchev–Trinajstić information content (AvgIpc) is 2.80. The summed E-state index contributed by atoms with van der Waals surface area (Å²) in [5, 5.41) is -0.305. The third kappa shape index (κ3) is 14.3. The lowest BCUT2D eigenvalue weighted by Gasteiger charge is -2.23. The summed E-state index contributed by atoms with van der Waals surface area (Å²) in [7, 11) is 0. The number of carbonyl (C=O) groups excluding carboxylic acids is 3.